The van der Waals surface area contributed by atoms with E-state index in [1.807, 2.05) is 18.2 Å². The quantitative estimate of drug-likeness (QED) is 0.870. The van der Waals surface area contributed by atoms with Crippen LogP contribution in [0.1, 0.15) is 11.4 Å². The molecule has 0 spiro atoms. The molecule has 0 fully saturated rings. The number of hydrogen-bond acceptors (Lipinski definition) is 2. The lowest BCUT2D eigenvalue weighted by Crippen LogP contribution is -1.89. The molecule has 0 aliphatic carbocycles. The molecule has 0 aliphatic rings. The summed E-state index contributed by atoms with van der Waals surface area (Å²) in [6.07, 6.45) is 0.791. The highest BCUT2D eigenvalue weighted by atomic mass is 79.9. The van der Waals surface area contributed by atoms with Gasteiger partial charge in [-0.25, -0.2) is 4.98 Å². The first-order chi connectivity index (χ1) is 6.34. The molecule has 0 radical (unpaired) electrons. The molecule has 0 aliphatic heterocycles. The first-order valence-corrected chi connectivity index (χ1v) is 4.74. The Balaban J connectivity index is 2.15. The minimum absolute atomic E-state index is 0.610. The lowest BCUT2D eigenvalue weighted by atomic mass is 10.1. The molecule has 0 unspecified atom stereocenters. The number of halogens is 1. The van der Waals surface area contributed by atoms with Gasteiger partial charge in [-0.1, -0.05) is 30.3 Å². The van der Waals surface area contributed by atoms with Crippen molar-refractivity contribution in [2.24, 2.45) is 0 Å². The third kappa shape index (κ3) is 2.15. The smallest absolute Gasteiger partial charge is 0.217 e. The van der Waals surface area contributed by atoms with Crippen molar-refractivity contribution in [3.8, 4) is 0 Å². The second-order valence-electron chi connectivity index (χ2n) is 2.71. The van der Waals surface area contributed by atoms with Crippen LogP contribution in [0, 0.1) is 0 Å². The molecule has 66 valence electrons. The largest absolute Gasteiger partial charge is 0.262 e. The van der Waals surface area contributed by atoms with E-state index >= 15 is 0 Å². The zero-order chi connectivity index (χ0) is 9.10. The van der Waals surface area contributed by atoms with Gasteiger partial charge in [-0.15, -0.1) is 5.10 Å². The average Bonchev–Trinajstić information content (AvgIpc) is 2.53. The van der Waals surface area contributed by atoms with Crippen molar-refractivity contribution in [3.05, 3.63) is 46.5 Å². The first kappa shape index (κ1) is 8.44. The van der Waals surface area contributed by atoms with Crippen LogP contribution in [0.2, 0.25) is 0 Å². The monoisotopic (exact) mass is 237 g/mol. The van der Waals surface area contributed by atoms with Gasteiger partial charge in [0.15, 0.2) is 0 Å². The number of benzene rings is 1. The molecule has 2 rings (SSSR count). The van der Waals surface area contributed by atoms with Gasteiger partial charge in [0.05, 0.1) is 0 Å². The minimum Gasteiger partial charge on any atom is -0.262 e. The van der Waals surface area contributed by atoms with E-state index in [4.69, 9.17) is 0 Å². The summed E-state index contributed by atoms with van der Waals surface area (Å²) < 4.78 is 0.610. The highest BCUT2D eigenvalue weighted by Crippen LogP contribution is 2.06. The van der Waals surface area contributed by atoms with Crippen LogP contribution in [0.4, 0.5) is 0 Å². The molecule has 1 aromatic carbocycles. The second-order valence-corrected chi connectivity index (χ2v) is 3.42. The van der Waals surface area contributed by atoms with Gasteiger partial charge in [0, 0.05) is 6.42 Å². The molecule has 2 aromatic rings. The van der Waals surface area contributed by atoms with Crippen LogP contribution in [-0.2, 0) is 6.42 Å². The Bertz CT molecular complexity index is 383. The summed E-state index contributed by atoms with van der Waals surface area (Å²) in [6, 6.07) is 10.2. The summed E-state index contributed by atoms with van der Waals surface area (Å²) in [6.45, 7) is 0. The topological polar surface area (TPSA) is 41.6 Å². The van der Waals surface area contributed by atoms with E-state index in [-0.39, 0.29) is 0 Å². The van der Waals surface area contributed by atoms with E-state index in [2.05, 4.69) is 43.2 Å². The highest BCUT2D eigenvalue weighted by Gasteiger charge is 2.00. The number of aromatic amines is 1. The van der Waals surface area contributed by atoms with Gasteiger partial charge in [0.25, 0.3) is 0 Å². The van der Waals surface area contributed by atoms with Crippen LogP contribution < -0.4 is 0 Å². The van der Waals surface area contributed by atoms with E-state index in [1.165, 1.54) is 5.56 Å². The Kier molecular flexibility index (Phi) is 2.40. The molecule has 0 amide bonds. The molecule has 1 aromatic heterocycles. The van der Waals surface area contributed by atoms with Gasteiger partial charge in [-0.05, 0) is 21.5 Å². The van der Waals surface area contributed by atoms with Crippen LogP contribution in [0.3, 0.4) is 0 Å². The maximum atomic E-state index is 4.16. The summed E-state index contributed by atoms with van der Waals surface area (Å²) >= 11 is 3.19. The zero-order valence-corrected chi connectivity index (χ0v) is 8.45. The average molecular weight is 238 g/mol. The van der Waals surface area contributed by atoms with E-state index in [0.29, 0.717) is 4.73 Å². The van der Waals surface area contributed by atoms with Crippen LogP contribution in [0.5, 0.6) is 0 Å². The summed E-state index contributed by atoms with van der Waals surface area (Å²) in [4.78, 5) is 4.16. The lowest BCUT2D eigenvalue weighted by Gasteiger charge is -1.95. The number of aromatic nitrogens is 3. The normalized spacial score (nSPS) is 10.2. The molecule has 0 saturated carbocycles. The van der Waals surface area contributed by atoms with Crippen molar-refractivity contribution < 1.29 is 0 Å². The molecule has 1 N–H and O–H groups in total. The van der Waals surface area contributed by atoms with Crippen molar-refractivity contribution in [3.63, 3.8) is 0 Å². The molecule has 0 saturated heterocycles. The lowest BCUT2D eigenvalue weighted by molar-refractivity contribution is 0.971. The molecular formula is C9H8BrN3. The van der Waals surface area contributed by atoms with Crippen molar-refractivity contribution in [2.75, 3.05) is 0 Å². The van der Waals surface area contributed by atoms with Crippen molar-refractivity contribution in [1.82, 2.24) is 15.2 Å². The predicted octanol–water partition coefficient (Wildman–Crippen LogP) is 2.16. The van der Waals surface area contributed by atoms with Gasteiger partial charge < -0.3 is 0 Å². The molecule has 3 nitrogen and oxygen atoms in total. The standard InChI is InChI=1S/C9H8BrN3/c10-9-11-8(12-13-9)6-7-4-2-1-3-5-7/h1-5H,6H2,(H,11,12,13). The fourth-order valence-electron chi connectivity index (χ4n) is 1.14. The van der Waals surface area contributed by atoms with E-state index in [1.54, 1.807) is 0 Å². The Morgan fingerprint density at radius 2 is 2.00 bits per heavy atom. The van der Waals surface area contributed by atoms with Crippen molar-refractivity contribution in [1.29, 1.82) is 0 Å². The first-order valence-electron chi connectivity index (χ1n) is 3.95. The molecule has 4 heteroatoms. The zero-order valence-electron chi connectivity index (χ0n) is 6.87. The Hall–Kier alpha value is -1.16. The Labute approximate surface area is 84.3 Å². The molecular weight excluding hydrogens is 230 g/mol. The molecule has 13 heavy (non-hydrogen) atoms. The maximum absolute atomic E-state index is 4.16. The van der Waals surface area contributed by atoms with Crippen molar-refractivity contribution in [2.45, 2.75) is 6.42 Å². The van der Waals surface area contributed by atoms with Gasteiger partial charge in [0.2, 0.25) is 4.73 Å². The Morgan fingerprint density at radius 3 is 2.62 bits per heavy atom. The van der Waals surface area contributed by atoms with Crippen molar-refractivity contribution >= 4 is 15.9 Å². The molecule has 0 atom stereocenters. The summed E-state index contributed by atoms with van der Waals surface area (Å²) in [5, 5.41) is 6.74. The summed E-state index contributed by atoms with van der Waals surface area (Å²) in [5.41, 5.74) is 1.23. The van der Waals surface area contributed by atoms with Gasteiger partial charge >= 0.3 is 0 Å². The maximum Gasteiger partial charge on any atom is 0.217 e. The predicted molar refractivity (Wildman–Crippen MR) is 53.3 cm³/mol. The number of H-pyrrole nitrogens is 1. The SMILES string of the molecule is Brc1n[nH]c(Cc2ccccc2)n1. The van der Waals surface area contributed by atoms with Crippen LogP contribution in [0.15, 0.2) is 35.1 Å². The highest BCUT2D eigenvalue weighted by molar-refractivity contribution is 9.10. The van der Waals surface area contributed by atoms with E-state index in [9.17, 15) is 0 Å². The van der Waals surface area contributed by atoms with Gasteiger partial charge in [-0.2, -0.15) is 0 Å². The fraction of sp³-hybridized carbons (Fsp3) is 0.111. The molecule has 0 bridgehead atoms. The fourth-order valence-corrected chi connectivity index (χ4v) is 1.44. The third-order valence-electron chi connectivity index (χ3n) is 1.72. The number of rotatable bonds is 2. The van der Waals surface area contributed by atoms with Gasteiger partial charge in [-0.3, -0.25) is 5.10 Å². The molecule has 1 heterocycles. The van der Waals surface area contributed by atoms with E-state index in [0.717, 1.165) is 12.2 Å². The second kappa shape index (κ2) is 3.70. The summed E-state index contributed by atoms with van der Waals surface area (Å²) in [7, 11) is 0. The van der Waals surface area contributed by atoms with E-state index < -0.39 is 0 Å². The summed E-state index contributed by atoms with van der Waals surface area (Å²) in [5.74, 6) is 0.873. The van der Waals surface area contributed by atoms with Crippen LogP contribution >= 0.6 is 15.9 Å². The number of hydrogen-bond donors (Lipinski definition) is 1. The number of nitrogens with zero attached hydrogens (tertiary/aromatic N) is 2. The Morgan fingerprint density at radius 1 is 1.23 bits per heavy atom. The number of nitrogens with one attached hydrogen (secondary N) is 1. The van der Waals surface area contributed by atoms with Gasteiger partial charge in [0.1, 0.15) is 5.82 Å². The van der Waals surface area contributed by atoms with Crippen LogP contribution in [-0.4, -0.2) is 15.2 Å². The van der Waals surface area contributed by atoms with Crippen LogP contribution in [0.25, 0.3) is 0 Å². The third-order valence-corrected chi connectivity index (χ3v) is 2.07. The minimum atomic E-state index is 0.610.